The Balaban J connectivity index is 1.85. The van der Waals surface area contributed by atoms with Gasteiger partial charge in [-0.1, -0.05) is 23.8 Å². The smallest absolute Gasteiger partial charge is 0.336 e. The molecule has 0 aliphatic rings. The Kier molecular flexibility index (Phi) is 3.48. The van der Waals surface area contributed by atoms with Crippen LogP contribution in [0.4, 0.5) is 0 Å². The number of rotatable bonds is 3. The van der Waals surface area contributed by atoms with Crippen molar-refractivity contribution in [2.75, 3.05) is 0 Å². The Labute approximate surface area is 122 Å². The third-order valence-electron chi connectivity index (χ3n) is 3.49. The molecule has 0 atom stereocenters. The van der Waals surface area contributed by atoms with Crippen molar-refractivity contribution in [2.24, 2.45) is 0 Å². The van der Waals surface area contributed by atoms with E-state index < -0.39 is 0 Å². The summed E-state index contributed by atoms with van der Waals surface area (Å²) >= 11 is 0. The molecule has 106 valence electrons. The Bertz CT molecular complexity index is 846. The van der Waals surface area contributed by atoms with Gasteiger partial charge >= 0.3 is 5.63 Å². The predicted molar refractivity (Wildman–Crippen MR) is 82.7 cm³/mol. The van der Waals surface area contributed by atoms with Crippen LogP contribution < -0.4 is 10.4 Å². The Morgan fingerprint density at radius 2 is 1.81 bits per heavy atom. The maximum atomic E-state index is 11.2. The lowest BCUT2D eigenvalue weighted by Crippen LogP contribution is -1.99. The molecule has 0 bridgehead atoms. The first-order chi connectivity index (χ1) is 10.1. The normalized spacial score (nSPS) is 10.8. The standard InChI is InChI=1S/C18H16O3/c1-12-3-4-13(2)15(9-12)11-20-16-7-5-14-6-8-18(19)21-17(14)10-16/h3-10H,11H2,1-2H3. The zero-order valence-electron chi connectivity index (χ0n) is 12.1. The summed E-state index contributed by atoms with van der Waals surface area (Å²) in [5.41, 5.74) is 3.76. The molecule has 21 heavy (non-hydrogen) atoms. The van der Waals surface area contributed by atoms with Crippen molar-refractivity contribution in [1.82, 2.24) is 0 Å². The van der Waals surface area contributed by atoms with Crippen LogP contribution in [0.15, 0.2) is 57.7 Å². The fourth-order valence-corrected chi connectivity index (χ4v) is 2.25. The SMILES string of the molecule is Cc1ccc(C)c(COc2ccc3ccc(=O)oc3c2)c1. The molecule has 0 unspecified atom stereocenters. The third kappa shape index (κ3) is 2.97. The molecule has 3 heteroatoms. The van der Waals surface area contributed by atoms with E-state index in [1.165, 1.54) is 17.2 Å². The third-order valence-corrected chi connectivity index (χ3v) is 3.49. The van der Waals surface area contributed by atoms with E-state index in [9.17, 15) is 4.79 Å². The van der Waals surface area contributed by atoms with Gasteiger partial charge in [0.1, 0.15) is 17.9 Å². The number of fused-ring (bicyclic) bond motifs is 1. The highest BCUT2D eigenvalue weighted by Gasteiger charge is 2.03. The van der Waals surface area contributed by atoms with Crippen molar-refractivity contribution in [1.29, 1.82) is 0 Å². The van der Waals surface area contributed by atoms with E-state index in [1.54, 1.807) is 12.1 Å². The van der Waals surface area contributed by atoms with E-state index >= 15 is 0 Å². The second-order valence-electron chi connectivity index (χ2n) is 5.17. The van der Waals surface area contributed by atoms with E-state index in [2.05, 4.69) is 32.0 Å². The van der Waals surface area contributed by atoms with E-state index in [0.717, 1.165) is 10.9 Å². The first kappa shape index (κ1) is 13.4. The Hall–Kier alpha value is -2.55. The van der Waals surface area contributed by atoms with E-state index in [4.69, 9.17) is 9.15 Å². The summed E-state index contributed by atoms with van der Waals surface area (Å²) in [6.07, 6.45) is 0. The molecule has 0 radical (unpaired) electrons. The summed E-state index contributed by atoms with van der Waals surface area (Å²) in [4.78, 5) is 11.2. The summed E-state index contributed by atoms with van der Waals surface area (Å²) in [5.74, 6) is 0.692. The topological polar surface area (TPSA) is 39.4 Å². The molecule has 2 aromatic carbocycles. The molecule has 3 rings (SSSR count). The van der Waals surface area contributed by atoms with Gasteiger partial charge in [0.25, 0.3) is 0 Å². The van der Waals surface area contributed by atoms with Gasteiger partial charge in [-0.3, -0.25) is 0 Å². The lowest BCUT2D eigenvalue weighted by Gasteiger charge is -2.10. The molecule has 0 aliphatic heterocycles. The zero-order chi connectivity index (χ0) is 14.8. The first-order valence-electron chi connectivity index (χ1n) is 6.85. The summed E-state index contributed by atoms with van der Waals surface area (Å²) in [7, 11) is 0. The van der Waals surface area contributed by atoms with Crippen molar-refractivity contribution < 1.29 is 9.15 Å². The monoisotopic (exact) mass is 280 g/mol. The summed E-state index contributed by atoms with van der Waals surface area (Å²) in [6, 6.07) is 15.0. The predicted octanol–water partition coefficient (Wildman–Crippen LogP) is 3.99. The van der Waals surface area contributed by atoms with Crippen molar-refractivity contribution in [3.63, 3.8) is 0 Å². The van der Waals surface area contributed by atoms with Crippen LogP contribution in [-0.2, 0) is 6.61 Å². The van der Waals surface area contributed by atoms with Gasteiger partial charge in [0.05, 0.1) is 0 Å². The Morgan fingerprint density at radius 1 is 1.00 bits per heavy atom. The number of benzene rings is 2. The maximum absolute atomic E-state index is 11.2. The summed E-state index contributed by atoms with van der Waals surface area (Å²) in [6.45, 7) is 4.63. The number of ether oxygens (including phenoxy) is 1. The zero-order valence-corrected chi connectivity index (χ0v) is 12.1. The number of hydrogen-bond donors (Lipinski definition) is 0. The largest absolute Gasteiger partial charge is 0.489 e. The fourth-order valence-electron chi connectivity index (χ4n) is 2.25. The molecule has 0 saturated carbocycles. The molecule has 0 N–H and O–H groups in total. The molecule has 0 amide bonds. The lowest BCUT2D eigenvalue weighted by atomic mass is 10.1. The molecule has 0 saturated heterocycles. The molecule has 0 fully saturated rings. The van der Waals surface area contributed by atoms with Gasteiger partial charge < -0.3 is 9.15 Å². The molecule has 0 aliphatic carbocycles. The molecule has 1 aromatic heterocycles. The summed E-state index contributed by atoms with van der Waals surface area (Å²) in [5, 5.41) is 0.883. The van der Waals surface area contributed by atoms with Gasteiger partial charge in [-0.15, -0.1) is 0 Å². The van der Waals surface area contributed by atoms with Crippen LogP contribution >= 0.6 is 0 Å². The van der Waals surface area contributed by atoms with Gasteiger partial charge in [0.15, 0.2) is 0 Å². The molecule has 1 heterocycles. The van der Waals surface area contributed by atoms with Crippen LogP contribution in [-0.4, -0.2) is 0 Å². The maximum Gasteiger partial charge on any atom is 0.336 e. The van der Waals surface area contributed by atoms with Crippen molar-refractivity contribution in [3.8, 4) is 5.75 Å². The molecule has 0 spiro atoms. The molecular formula is C18H16O3. The van der Waals surface area contributed by atoms with Crippen LogP contribution in [0.5, 0.6) is 5.75 Å². The van der Waals surface area contributed by atoms with Gasteiger partial charge in [-0.2, -0.15) is 0 Å². The molecule has 3 aromatic rings. The van der Waals surface area contributed by atoms with E-state index in [0.29, 0.717) is 17.9 Å². The number of aryl methyl sites for hydroxylation is 2. The average Bonchev–Trinajstić information content (AvgIpc) is 2.47. The van der Waals surface area contributed by atoms with Gasteiger partial charge in [0, 0.05) is 17.5 Å². The fraction of sp³-hybridized carbons (Fsp3) is 0.167. The quantitative estimate of drug-likeness (QED) is 0.681. The van der Waals surface area contributed by atoms with Gasteiger partial charge in [-0.05, 0) is 43.2 Å². The number of hydrogen-bond acceptors (Lipinski definition) is 3. The minimum absolute atomic E-state index is 0.353. The molecule has 3 nitrogen and oxygen atoms in total. The minimum atomic E-state index is -0.353. The highest BCUT2D eigenvalue weighted by Crippen LogP contribution is 2.21. The van der Waals surface area contributed by atoms with E-state index in [-0.39, 0.29) is 5.63 Å². The second kappa shape index (κ2) is 5.44. The lowest BCUT2D eigenvalue weighted by molar-refractivity contribution is 0.305. The highest BCUT2D eigenvalue weighted by molar-refractivity contribution is 5.77. The summed E-state index contributed by atoms with van der Waals surface area (Å²) < 4.78 is 11.0. The van der Waals surface area contributed by atoms with Crippen molar-refractivity contribution in [3.05, 3.63) is 75.6 Å². The highest BCUT2D eigenvalue weighted by atomic mass is 16.5. The van der Waals surface area contributed by atoms with Crippen LogP contribution in [0, 0.1) is 13.8 Å². The van der Waals surface area contributed by atoms with Crippen LogP contribution in [0.25, 0.3) is 11.0 Å². The van der Waals surface area contributed by atoms with Crippen LogP contribution in [0.2, 0.25) is 0 Å². The van der Waals surface area contributed by atoms with Gasteiger partial charge in [0.2, 0.25) is 0 Å². The molecular weight excluding hydrogens is 264 g/mol. The first-order valence-corrected chi connectivity index (χ1v) is 6.85. The van der Waals surface area contributed by atoms with E-state index in [1.807, 2.05) is 12.1 Å². The average molecular weight is 280 g/mol. The minimum Gasteiger partial charge on any atom is -0.489 e. The van der Waals surface area contributed by atoms with Gasteiger partial charge in [-0.25, -0.2) is 4.79 Å². The second-order valence-corrected chi connectivity index (χ2v) is 5.17. The van der Waals surface area contributed by atoms with Crippen LogP contribution in [0.1, 0.15) is 16.7 Å². The Morgan fingerprint density at radius 3 is 2.67 bits per heavy atom. The van der Waals surface area contributed by atoms with Crippen molar-refractivity contribution in [2.45, 2.75) is 20.5 Å². The van der Waals surface area contributed by atoms with Crippen molar-refractivity contribution >= 4 is 11.0 Å². The van der Waals surface area contributed by atoms with Crippen LogP contribution in [0.3, 0.4) is 0 Å².